The zero-order valence-electron chi connectivity index (χ0n) is 15.1. The molecular formula is C19H18N6O2S. The Morgan fingerprint density at radius 3 is 2.71 bits per heavy atom. The van der Waals surface area contributed by atoms with Gasteiger partial charge in [-0.05, 0) is 49.5 Å². The Morgan fingerprint density at radius 1 is 1.04 bits per heavy atom. The molecule has 8 nitrogen and oxygen atoms in total. The van der Waals surface area contributed by atoms with E-state index in [0.717, 1.165) is 37.2 Å². The zero-order chi connectivity index (χ0) is 18.8. The molecule has 1 aliphatic rings. The number of piperidine rings is 1. The number of hydrogen-bond donors (Lipinski definition) is 0. The van der Waals surface area contributed by atoms with Crippen LogP contribution in [0.3, 0.4) is 0 Å². The summed E-state index contributed by atoms with van der Waals surface area (Å²) in [4.78, 5) is 15.6. The molecule has 0 amide bonds. The number of likely N-dealkylation sites (tertiary alicyclic amines) is 1. The molecule has 142 valence electrons. The van der Waals surface area contributed by atoms with Crippen molar-refractivity contribution < 1.29 is 9.05 Å². The van der Waals surface area contributed by atoms with Crippen molar-refractivity contribution in [3.8, 4) is 22.9 Å². The molecule has 1 saturated heterocycles. The van der Waals surface area contributed by atoms with E-state index in [4.69, 9.17) is 9.05 Å². The largest absolute Gasteiger partial charge is 0.339 e. The Hall–Kier alpha value is -2.91. The first kappa shape index (κ1) is 17.2. The third-order valence-corrected chi connectivity index (χ3v) is 5.56. The number of pyridine rings is 1. The van der Waals surface area contributed by atoms with Crippen molar-refractivity contribution in [2.45, 2.75) is 25.3 Å². The third-order valence-electron chi connectivity index (χ3n) is 4.88. The van der Waals surface area contributed by atoms with Crippen molar-refractivity contribution in [2.24, 2.45) is 0 Å². The second-order valence-corrected chi connectivity index (χ2v) is 7.53. The first-order chi connectivity index (χ1) is 13.8. The second-order valence-electron chi connectivity index (χ2n) is 6.75. The normalized spacial score (nSPS) is 15.9. The highest BCUT2D eigenvalue weighted by molar-refractivity contribution is 7.08. The zero-order valence-corrected chi connectivity index (χ0v) is 15.9. The minimum atomic E-state index is 0.269. The molecule has 0 atom stereocenters. The van der Waals surface area contributed by atoms with Crippen molar-refractivity contribution in [1.29, 1.82) is 0 Å². The summed E-state index contributed by atoms with van der Waals surface area (Å²) in [5, 5.41) is 12.2. The predicted molar refractivity (Wildman–Crippen MR) is 102 cm³/mol. The Balaban J connectivity index is 1.18. The lowest BCUT2D eigenvalue weighted by molar-refractivity contribution is 0.168. The van der Waals surface area contributed by atoms with Gasteiger partial charge in [-0.3, -0.25) is 9.88 Å². The summed E-state index contributed by atoms with van der Waals surface area (Å²) in [7, 11) is 0. The van der Waals surface area contributed by atoms with Crippen LogP contribution in [0.25, 0.3) is 22.9 Å². The van der Waals surface area contributed by atoms with Gasteiger partial charge < -0.3 is 9.05 Å². The SMILES string of the molecule is c1ccc(-c2noc(C3CCN(Cc4nc(-c5ccsc5)no4)CC3)n2)nc1. The number of aromatic nitrogens is 5. The molecule has 0 N–H and O–H groups in total. The van der Waals surface area contributed by atoms with Crippen molar-refractivity contribution in [3.05, 3.63) is 53.0 Å². The molecule has 0 aromatic carbocycles. The lowest BCUT2D eigenvalue weighted by atomic mass is 9.97. The maximum Gasteiger partial charge on any atom is 0.241 e. The molecule has 1 aliphatic heterocycles. The average molecular weight is 394 g/mol. The minimum Gasteiger partial charge on any atom is -0.339 e. The van der Waals surface area contributed by atoms with Crippen LogP contribution in [-0.4, -0.2) is 43.3 Å². The van der Waals surface area contributed by atoms with Crippen LogP contribution < -0.4 is 0 Å². The van der Waals surface area contributed by atoms with Gasteiger partial charge in [0.15, 0.2) is 0 Å². The molecule has 5 heterocycles. The summed E-state index contributed by atoms with van der Waals surface area (Å²) >= 11 is 1.62. The van der Waals surface area contributed by atoms with Crippen LogP contribution in [0.2, 0.25) is 0 Å². The van der Waals surface area contributed by atoms with Gasteiger partial charge in [-0.2, -0.15) is 21.3 Å². The minimum absolute atomic E-state index is 0.269. The summed E-state index contributed by atoms with van der Waals surface area (Å²) in [5.74, 6) is 2.81. The van der Waals surface area contributed by atoms with Crippen molar-refractivity contribution >= 4 is 11.3 Å². The number of nitrogens with zero attached hydrogens (tertiary/aromatic N) is 6. The molecule has 28 heavy (non-hydrogen) atoms. The van der Waals surface area contributed by atoms with Crippen LogP contribution in [0, 0.1) is 0 Å². The Morgan fingerprint density at radius 2 is 1.93 bits per heavy atom. The van der Waals surface area contributed by atoms with Crippen LogP contribution in [0.5, 0.6) is 0 Å². The van der Waals surface area contributed by atoms with Crippen LogP contribution in [-0.2, 0) is 6.54 Å². The highest BCUT2D eigenvalue weighted by Gasteiger charge is 2.26. The van der Waals surface area contributed by atoms with Gasteiger partial charge in [0.1, 0.15) is 5.69 Å². The van der Waals surface area contributed by atoms with E-state index in [9.17, 15) is 0 Å². The molecule has 0 radical (unpaired) electrons. The second kappa shape index (κ2) is 7.61. The van der Waals surface area contributed by atoms with Gasteiger partial charge in [0.25, 0.3) is 0 Å². The van der Waals surface area contributed by atoms with Crippen LogP contribution in [0.4, 0.5) is 0 Å². The van der Waals surface area contributed by atoms with Gasteiger partial charge in [-0.15, -0.1) is 0 Å². The van der Waals surface area contributed by atoms with Crippen LogP contribution >= 0.6 is 11.3 Å². The van der Waals surface area contributed by atoms with E-state index in [1.807, 2.05) is 35.0 Å². The van der Waals surface area contributed by atoms with Gasteiger partial charge >= 0.3 is 0 Å². The highest BCUT2D eigenvalue weighted by atomic mass is 32.1. The van der Waals surface area contributed by atoms with E-state index in [-0.39, 0.29) is 5.92 Å². The van der Waals surface area contributed by atoms with Crippen molar-refractivity contribution in [2.75, 3.05) is 13.1 Å². The standard InChI is InChI=1S/C19H18N6O2S/c1-2-7-20-15(3-1)18-22-19(27-24-18)13-4-8-25(9-5-13)11-16-21-17(23-26-16)14-6-10-28-12-14/h1-3,6-7,10,12-13H,4-5,8-9,11H2. The van der Waals surface area contributed by atoms with Crippen molar-refractivity contribution in [3.63, 3.8) is 0 Å². The molecule has 0 bridgehead atoms. The fraction of sp³-hybridized carbons (Fsp3) is 0.316. The summed E-state index contributed by atoms with van der Waals surface area (Å²) < 4.78 is 10.9. The van der Waals surface area contributed by atoms with E-state index in [2.05, 4.69) is 30.2 Å². The summed E-state index contributed by atoms with van der Waals surface area (Å²) in [6, 6.07) is 7.66. The summed E-state index contributed by atoms with van der Waals surface area (Å²) in [5.41, 5.74) is 1.73. The molecule has 9 heteroatoms. The number of hydrogen-bond acceptors (Lipinski definition) is 9. The van der Waals surface area contributed by atoms with E-state index >= 15 is 0 Å². The number of rotatable bonds is 5. The molecule has 4 aromatic heterocycles. The lowest BCUT2D eigenvalue weighted by Crippen LogP contribution is -2.32. The topological polar surface area (TPSA) is 94.0 Å². The first-order valence-electron chi connectivity index (χ1n) is 9.18. The molecule has 0 spiro atoms. The molecule has 0 unspecified atom stereocenters. The van der Waals surface area contributed by atoms with E-state index < -0.39 is 0 Å². The molecule has 1 fully saturated rings. The molecule has 0 saturated carbocycles. The maximum atomic E-state index is 5.50. The molecule has 4 aromatic rings. The number of thiophene rings is 1. The van der Waals surface area contributed by atoms with Crippen LogP contribution in [0.1, 0.15) is 30.5 Å². The van der Waals surface area contributed by atoms with E-state index in [1.54, 1.807) is 17.5 Å². The fourth-order valence-corrected chi connectivity index (χ4v) is 3.99. The first-order valence-corrected chi connectivity index (χ1v) is 10.1. The molecule has 5 rings (SSSR count). The van der Waals surface area contributed by atoms with Gasteiger partial charge in [0.05, 0.1) is 6.54 Å². The van der Waals surface area contributed by atoms with Crippen molar-refractivity contribution in [1.82, 2.24) is 30.2 Å². The average Bonchev–Trinajstić information content (AvgIpc) is 3.50. The van der Waals surface area contributed by atoms with E-state index in [1.165, 1.54) is 0 Å². The molecule has 0 aliphatic carbocycles. The third kappa shape index (κ3) is 3.58. The maximum absolute atomic E-state index is 5.50. The van der Waals surface area contributed by atoms with Gasteiger partial charge in [0, 0.05) is 23.1 Å². The smallest absolute Gasteiger partial charge is 0.241 e. The Bertz CT molecular complexity index is 1020. The summed E-state index contributed by atoms with van der Waals surface area (Å²) in [6.07, 6.45) is 3.63. The quantitative estimate of drug-likeness (QED) is 0.507. The van der Waals surface area contributed by atoms with Gasteiger partial charge in [-0.25, -0.2) is 0 Å². The van der Waals surface area contributed by atoms with Crippen LogP contribution in [0.15, 0.2) is 50.3 Å². The van der Waals surface area contributed by atoms with Gasteiger partial charge in [0.2, 0.25) is 23.4 Å². The van der Waals surface area contributed by atoms with E-state index in [0.29, 0.717) is 30.0 Å². The predicted octanol–water partition coefficient (Wildman–Crippen LogP) is 3.62. The highest BCUT2D eigenvalue weighted by Crippen LogP contribution is 2.29. The Labute approximate surface area is 165 Å². The Kier molecular flexibility index (Phi) is 4.67. The molecular weight excluding hydrogens is 376 g/mol. The van der Waals surface area contributed by atoms with Gasteiger partial charge in [-0.1, -0.05) is 16.4 Å². The fourth-order valence-electron chi connectivity index (χ4n) is 3.36. The monoisotopic (exact) mass is 394 g/mol. The summed E-state index contributed by atoms with van der Waals surface area (Å²) in [6.45, 7) is 2.50. The lowest BCUT2D eigenvalue weighted by Gasteiger charge is -2.28.